The fourth-order valence-corrected chi connectivity index (χ4v) is 6.63. The monoisotopic (exact) mass is 557 g/mol. The highest BCUT2D eigenvalue weighted by atomic mass is 32.2. The quantitative estimate of drug-likeness (QED) is 0.381. The lowest BCUT2D eigenvalue weighted by Gasteiger charge is -2.37. The van der Waals surface area contributed by atoms with Crippen LogP contribution in [0.25, 0.3) is 0 Å². The molecule has 0 radical (unpaired) electrons. The van der Waals surface area contributed by atoms with E-state index in [4.69, 9.17) is 0 Å². The second kappa shape index (κ2) is 12.2. The molecule has 0 N–H and O–H groups in total. The van der Waals surface area contributed by atoms with Gasteiger partial charge in [0, 0.05) is 38.8 Å². The maximum Gasteiger partial charge on any atom is 0.254 e. The van der Waals surface area contributed by atoms with Crippen molar-refractivity contribution in [1.29, 1.82) is 0 Å². The molecule has 0 bridgehead atoms. The van der Waals surface area contributed by atoms with Gasteiger partial charge in [0.25, 0.3) is 5.91 Å². The molecule has 1 saturated carbocycles. The van der Waals surface area contributed by atoms with Crippen LogP contribution < -0.4 is 0 Å². The second-order valence-corrected chi connectivity index (χ2v) is 13.3. The molecule has 1 aliphatic carbocycles. The summed E-state index contributed by atoms with van der Waals surface area (Å²) < 4.78 is 38.5. The van der Waals surface area contributed by atoms with Crippen LogP contribution in [0, 0.1) is 11.2 Å². The molecule has 0 spiro atoms. The summed E-state index contributed by atoms with van der Waals surface area (Å²) in [6, 6.07) is 15.2. The fraction of sp³-hybridized carbons (Fsp3) is 0.533. The van der Waals surface area contributed by atoms with Crippen LogP contribution in [0.2, 0.25) is 0 Å². The van der Waals surface area contributed by atoms with Gasteiger partial charge in [-0.05, 0) is 60.4 Å². The maximum atomic E-state index is 13.6. The lowest BCUT2D eigenvalue weighted by atomic mass is 9.94. The van der Waals surface area contributed by atoms with E-state index in [0.717, 1.165) is 32.1 Å². The Kier molecular flexibility index (Phi) is 9.11. The van der Waals surface area contributed by atoms with Gasteiger partial charge in [0.1, 0.15) is 11.9 Å². The van der Waals surface area contributed by atoms with Gasteiger partial charge >= 0.3 is 0 Å². The van der Waals surface area contributed by atoms with E-state index in [1.165, 1.54) is 28.3 Å². The topological polar surface area (TPSA) is 78.0 Å². The highest BCUT2D eigenvalue weighted by Gasteiger charge is 2.49. The van der Waals surface area contributed by atoms with Gasteiger partial charge in [0.2, 0.25) is 15.9 Å². The number of unbranched alkanes of at least 4 members (excludes halogenated alkanes) is 2. The van der Waals surface area contributed by atoms with E-state index in [-0.39, 0.29) is 36.1 Å². The number of carbonyl (C=O) groups excluding carboxylic acids is 2. The average Bonchev–Trinajstić information content (AvgIpc) is 3.61. The average molecular weight is 558 g/mol. The molecule has 1 aliphatic heterocycles. The van der Waals surface area contributed by atoms with Crippen molar-refractivity contribution in [1.82, 2.24) is 14.1 Å². The summed E-state index contributed by atoms with van der Waals surface area (Å²) in [7, 11) is -1.61. The summed E-state index contributed by atoms with van der Waals surface area (Å²) in [4.78, 5) is 30.1. The largest absolute Gasteiger partial charge is 0.338 e. The third-order valence-electron chi connectivity index (χ3n) is 8.46. The molecule has 0 aromatic heterocycles. The first-order valence-corrected chi connectivity index (χ1v) is 15.7. The zero-order chi connectivity index (χ0) is 28.2. The summed E-state index contributed by atoms with van der Waals surface area (Å²) in [6.07, 6.45) is 6.70. The molecule has 9 heteroatoms. The van der Waals surface area contributed by atoms with E-state index in [1.54, 1.807) is 41.1 Å². The summed E-state index contributed by atoms with van der Waals surface area (Å²) in [5, 5.41) is 0. The minimum absolute atomic E-state index is 0.125. The van der Waals surface area contributed by atoms with Gasteiger partial charge < -0.3 is 9.80 Å². The first kappa shape index (κ1) is 29.2. The Balaban J connectivity index is 1.34. The van der Waals surface area contributed by atoms with Crippen molar-refractivity contribution in [3.05, 3.63) is 71.5 Å². The van der Waals surface area contributed by atoms with Crippen molar-refractivity contribution in [3.63, 3.8) is 0 Å². The Morgan fingerprint density at radius 2 is 1.64 bits per heavy atom. The predicted molar refractivity (Wildman–Crippen MR) is 150 cm³/mol. The molecular formula is C30H40FN3O4S. The van der Waals surface area contributed by atoms with Gasteiger partial charge in [-0.3, -0.25) is 9.59 Å². The summed E-state index contributed by atoms with van der Waals surface area (Å²) in [6.45, 7) is 3.45. The molecule has 2 amide bonds. The van der Waals surface area contributed by atoms with Crippen LogP contribution in [0.5, 0.6) is 0 Å². The number of likely N-dealkylation sites (N-methyl/N-ethyl adjacent to an activating group) is 1. The van der Waals surface area contributed by atoms with Crippen molar-refractivity contribution < 1.29 is 22.4 Å². The van der Waals surface area contributed by atoms with Crippen LogP contribution in [0.3, 0.4) is 0 Å². The standard InChI is InChI=1S/C30H40FN3O4S/c1-30(22-26(30)23-13-15-25(31)16-14-23)17-9-5-8-12-27(32(2)28(35)24-10-6-4-7-11-24)29(36)33-18-20-34(21-19-33)39(3,37)38/h4,6-7,10-11,13-16,26-27H,5,8-9,12,17-22H2,1-3H3/t26-,27-,30?/m0/s1. The Labute approximate surface area is 232 Å². The maximum absolute atomic E-state index is 13.6. The molecule has 2 aliphatic rings. The Morgan fingerprint density at radius 1 is 1.00 bits per heavy atom. The Morgan fingerprint density at radius 3 is 2.26 bits per heavy atom. The molecule has 2 aromatic rings. The number of hydrogen-bond acceptors (Lipinski definition) is 4. The number of benzene rings is 2. The van der Waals surface area contributed by atoms with E-state index in [9.17, 15) is 22.4 Å². The van der Waals surface area contributed by atoms with Crippen LogP contribution >= 0.6 is 0 Å². The third-order valence-corrected chi connectivity index (χ3v) is 9.77. The molecule has 4 rings (SSSR count). The van der Waals surface area contributed by atoms with Crippen LogP contribution in [-0.4, -0.2) is 79.9 Å². The van der Waals surface area contributed by atoms with Crippen molar-refractivity contribution in [2.75, 3.05) is 39.5 Å². The second-order valence-electron chi connectivity index (χ2n) is 11.3. The number of piperazine rings is 1. The van der Waals surface area contributed by atoms with Gasteiger partial charge in [-0.2, -0.15) is 4.31 Å². The number of sulfonamides is 1. The van der Waals surface area contributed by atoms with Gasteiger partial charge in [0.15, 0.2) is 0 Å². The van der Waals surface area contributed by atoms with Crippen LogP contribution in [-0.2, 0) is 14.8 Å². The van der Waals surface area contributed by atoms with Gasteiger partial charge in [-0.25, -0.2) is 12.8 Å². The molecule has 1 unspecified atom stereocenters. The van der Waals surface area contributed by atoms with Crippen LogP contribution in [0.15, 0.2) is 54.6 Å². The van der Waals surface area contributed by atoms with E-state index < -0.39 is 16.1 Å². The van der Waals surface area contributed by atoms with Gasteiger partial charge in [-0.15, -0.1) is 0 Å². The lowest BCUT2D eigenvalue weighted by Crippen LogP contribution is -2.56. The molecule has 212 valence electrons. The third kappa shape index (κ3) is 7.25. The number of carbonyl (C=O) groups is 2. The fourth-order valence-electron chi connectivity index (χ4n) is 5.80. The minimum Gasteiger partial charge on any atom is -0.338 e. The first-order chi connectivity index (χ1) is 18.5. The van der Waals surface area contributed by atoms with Crippen LogP contribution in [0.4, 0.5) is 4.39 Å². The molecule has 39 heavy (non-hydrogen) atoms. The molecule has 1 heterocycles. The van der Waals surface area contributed by atoms with Crippen molar-refractivity contribution in [3.8, 4) is 0 Å². The summed E-state index contributed by atoms with van der Waals surface area (Å²) in [5.74, 6) is -0.0670. The smallest absolute Gasteiger partial charge is 0.254 e. The number of rotatable bonds is 11. The number of amides is 2. The zero-order valence-corrected chi connectivity index (χ0v) is 24.0. The first-order valence-electron chi connectivity index (χ1n) is 13.8. The lowest BCUT2D eigenvalue weighted by molar-refractivity contribution is -0.137. The van der Waals surface area contributed by atoms with E-state index in [2.05, 4.69) is 6.92 Å². The molecule has 2 fully saturated rings. The molecule has 7 nitrogen and oxygen atoms in total. The van der Waals surface area contributed by atoms with Crippen molar-refractivity contribution >= 4 is 21.8 Å². The number of hydrogen-bond donors (Lipinski definition) is 0. The normalized spacial score (nSPS) is 22.4. The summed E-state index contributed by atoms with van der Waals surface area (Å²) >= 11 is 0. The Bertz CT molecular complexity index is 1250. The van der Waals surface area contributed by atoms with Crippen molar-refractivity contribution in [2.24, 2.45) is 5.41 Å². The SMILES string of the molecule is CN(C(=O)c1ccccc1)[C@@H](CCCCCC1(C)C[C@H]1c1ccc(F)cc1)C(=O)N1CCN(S(C)(=O)=O)CC1. The van der Waals surface area contributed by atoms with Crippen molar-refractivity contribution in [2.45, 2.75) is 57.4 Å². The highest BCUT2D eigenvalue weighted by Crippen LogP contribution is 2.61. The molecular weight excluding hydrogens is 517 g/mol. The van der Waals surface area contributed by atoms with E-state index in [1.807, 2.05) is 18.2 Å². The molecule has 1 saturated heterocycles. The van der Waals surface area contributed by atoms with Gasteiger partial charge in [-0.1, -0.05) is 56.5 Å². The molecule has 2 aromatic carbocycles. The number of halogens is 1. The van der Waals surface area contributed by atoms with Gasteiger partial charge in [0.05, 0.1) is 6.26 Å². The highest BCUT2D eigenvalue weighted by molar-refractivity contribution is 7.88. The predicted octanol–water partition coefficient (Wildman–Crippen LogP) is 4.51. The summed E-state index contributed by atoms with van der Waals surface area (Å²) in [5.41, 5.74) is 1.96. The minimum atomic E-state index is -3.30. The number of nitrogens with zero attached hydrogens (tertiary/aromatic N) is 3. The van der Waals surface area contributed by atoms with E-state index >= 15 is 0 Å². The zero-order valence-electron chi connectivity index (χ0n) is 23.2. The van der Waals surface area contributed by atoms with E-state index in [0.29, 0.717) is 31.0 Å². The molecule has 3 atom stereocenters. The Hall–Kier alpha value is -2.78. The van der Waals surface area contributed by atoms with Crippen LogP contribution in [0.1, 0.15) is 67.3 Å².